The lowest BCUT2D eigenvalue weighted by Crippen LogP contribution is -1.96. The van der Waals surface area contributed by atoms with Crippen molar-refractivity contribution < 1.29 is 9.85 Å². The predicted molar refractivity (Wildman–Crippen MR) is 75.1 cm³/mol. The number of benzene rings is 2. The molecule has 0 atom stereocenters. The van der Waals surface area contributed by atoms with Gasteiger partial charge in [0.15, 0.2) is 4.90 Å². The molecule has 0 spiro atoms. The van der Waals surface area contributed by atoms with Crippen molar-refractivity contribution in [2.24, 2.45) is 0 Å². The van der Waals surface area contributed by atoms with Gasteiger partial charge in [-0.15, -0.1) is 0 Å². The van der Waals surface area contributed by atoms with E-state index < -0.39 is 9.85 Å². The molecule has 0 aromatic heterocycles. The van der Waals surface area contributed by atoms with Crippen LogP contribution in [0.25, 0.3) is 0 Å². The van der Waals surface area contributed by atoms with Crippen molar-refractivity contribution in [3.8, 4) is 0 Å². The first kappa shape index (κ1) is 14.0. The molecule has 6 nitrogen and oxygen atoms in total. The van der Waals surface area contributed by atoms with Gasteiger partial charge in [-0.3, -0.25) is 20.2 Å². The Morgan fingerprint density at radius 3 is 1.85 bits per heavy atom. The van der Waals surface area contributed by atoms with E-state index in [2.05, 4.69) is 0 Å². The van der Waals surface area contributed by atoms with Crippen LogP contribution >= 0.6 is 11.8 Å². The molecular weight excluding hydrogens is 280 g/mol. The molecule has 2 rings (SSSR count). The summed E-state index contributed by atoms with van der Waals surface area (Å²) in [5, 5.41) is 22.0. The Hall–Kier alpha value is -2.41. The molecule has 0 saturated heterocycles. The van der Waals surface area contributed by atoms with Crippen molar-refractivity contribution in [3.05, 3.63) is 68.3 Å². The van der Waals surface area contributed by atoms with Gasteiger partial charge in [-0.1, -0.05) is 29.5 Å². The van der Waals surface area contributed by atoms with E-state index in [1.807, 2.05) is 19.1 Å². The standard InChI is InChI=1S/C13H10N2O4S/c1-9-5-7-10(8-6-9)20-13-11(14(16)17)3-2-4-12(13)15(18)19/h2-8H,1H3. The Balaban J connectivity index is 2.50. The van der Waals surface area contributed by atoms with Gasteiger partial charge in [-0.25, -0.2) is 0 Å². The molecule has 0 aliphatic carbocycles. The summed E-state index contributed by atoms with van der Waals surface area (Å²) in [7, 11) is 0. The quantitative estimate of drug-likeness (QED) is 0.628. The lowest BCUT2D eigenvalue weighted by molar-refractivity contribution is -0.399. The van der Waals surface area contributed by atoms with E-state index in [0.717, 1.165) is 17.3 Å². The largest absolute Gasteiger partial charge is 0.290 e. The van der Waals surface area contributed by atoms with Gasteiger partial charge in [-0.05, 0) is 25.1 Å². The van der Waals surface area contributed by atoms with Crippen LogP contribution in [0.15, 0.2) is 52.3 Å². The second kappa shape index (κ2) is 5.70. The molecule has 2 aromatic rings. The van der Waals surface area contributed by atoms with Gasteiger partial charge in [0.2, 0.25) is 0 Å². The fourth-order valence-corrected chi connectivity index (χ4v) is 2.63. The predicted octanol–water partition coefficient (Wildman–Crippen LogP) is 3.96. The van der Waals surface area contributed by atoms with Crippen molar-refractivity contribution in [1.29, 1.82) is 0 Å². The maximum atomic E-state index is 11.0. The van der Waals surface area contributed by atoms with Gasteiger partial charge >= 0.3 is 0 Å². The maximum absolute atomic E-state index is 11.0. The fourth-order valence-electron chi connectivity index (χ4n) is 1.63. The zero-order valence-corrected chi connectivity index (χ0v) is 11.3. The molecule has 0 aliphatic heterocycles. The molecule has 2 aromatic carbocycles. The van der Waals surface area contributed by atoms with E-state index in [-0.39, 0.29) is 16.3 Å². The zero-order chi connectivity index (χ0) is 14.7. The molecule has 0 N–H and O–H groups in total. The van der Waals surface area contributed by atoms with Crippen LogP contribution in [0.5, 0.6) is 0 Å². The van der Waals surface area contributed by atoms with E-state index in [4.69, 9.17) is 0 Å². The first-order chi connectivity index (χ1) is 9.49. The minimum absolute atomic E-state index is 0.0475. The van der Waals surface area contributed by atoms with Crippen molar-refractivity contribution >= 4 is 23.1 Å². The fraction of sp³-hybridized carbons (Fsp3) is 0.0769. The average Bonchev–Trinajstić information content (AvgIpc) is 2.41. The highest BCUT2D eigenvalue weighted by Crippen LogP contribution is 2.41. The Morgan fingerprint density at radius 2 is 1.40 bits per heavy atom. The number of rotatable bonds is 4. The molecule has 102 valence electrons. The third-order valence-corrected chi connectivity index (χ3v) is 3.74. The normalized spacial score (nSPS) is 10.2. The second-order valence-electron chi connectivity index (χ2n) is 4.05. The van der Waals surface area contributed by atoms with Crippen LogP contribution in [-0.2, 0) is 0 Å². The summed E-state index contributed by atoms with van der Waals surface area (Å²) in [6.07, 6.45) is 0. The first-order valence-electron chi connectivity index (χ1n) is 5.65. The molecule has 0 aliphatic rings. The van der Waals surface area contributed by atoms with Crippen LogP contribution < -0.4 is 0 Å². The summed E-state index contributed by atoms with van der Waals surface area (Å²) in [5.41, 5.74) is 0.529. The van der Waals surface area contributed by atoms with E-state index >= 15 is 0 Å². The van der Waals surface area contributed by atoms with Gasteiger partial charge in [0.1, 0.15) is 0 Å². The lowest BCUT2D eigenvalue weighted by Gasteiger charge is -2.04. The van der Waals surface area contributed by atoms with Crippen LogP contribution in [0, 0.1) is 27.2 Å². The molecule has 0 bridgehead atoms. The van der Waals surface area contributed by atoms with Crippen molar-refractivity contribution in [3.63, 3.8) is 0 Å². The number of nitro benzene ring substituents is 2. The number of hydrogen-bond acceptors (Lipinski definition) is 5. The van der Waals surface area contributed by atoms with Crippen LogP contribution in [0.2, 0.25) is 0 Å². The highest BCUT2D eigenvalue weighted by molar-refractivity contribution is 7.99. The van der Waals surface area contributed by atoms with Gasteiger partial charge in [0.05, 0.1) is 9.85 Å². The number of nitrogens with zero attached hydrogens (tertiary/aromatic N) is 2. The number of hydrogen-bond donors (Lipinski definition) is 0. The molecule has 0 saturated carbocycles. The summed E-state index contributed by atoms with van der Waals surface area (Å²) < 4.78 is 0. The Kier molecular flexibility index (Phi) is 3.99. The Bertz CT molecular complexity index is 638. The van der Waals surface area contributed by atoms with Crippen LogP contribution in [0.4, 0.5) is 11.4 Å². The first-order valence-corrected chi connectivity index (χ1v) is 6.47. The van der Waals surface area contributed by atoms with Gasteiger partial charge in [0, 0.05) is 17.0 Å². The molecular formula is C13H10N2O4S. The molecule has 0 heterocycles. The molecule has 20 heavy (non-hydrogen) atoms. The average molecular weight is 290 g/mol. The SMILES string of the molecule is Cc1ccc(Sc2c([N+](=O)[O-])cccc2[N+](=O)[O-])cc1. The minimum Gasteiger partial charge on any atom is -0.258 e. The maximum Gasteiger partial charge on any atom is 0.290 e. The summed E-state index contributed by atoms with van der Waals surface area (Å²) in [6.45, 7) is 1.92. The van der Waals surface area contributed by atoms with Crippen LogP contribution in [0.3, 0.4) is 0 Å². The summed E-state index contributed by atoms with van der Waals surface area (Å²) in [5.74, 6) is 0. The van der Waals surface area contributed by atoms with Crippen molar-refractivity contribution in [2.75, 3.05) is 0 Å². The summed E-state index contributed by atoms with van der Waals surface area (Å²) >= 11 is 1.02. The third kappa shape index (κ3) is 2.94. The van der Waals surface area contributed by atoms with Crippen molar-refractivity contribution in [2.45, 2.75) is 16.7 Å². The molecule has 0 amide bonds. The van der Waals surface area contributed by atoms with E-state index in [0.29, 0.717) is 4.90 Å². The number of nitro groups is 2. The second-order valence-corrected chi connectivity index (χ2v) is 5.14. The van der Waals surface area contributed by atoms with E-state index in [1.54, 1.807) is 12.1 Å². The molecule has 0 unspecified atom stereocenters. The van der Waals surface area contributed by atoms with Crippen LogP contribution in [-0.4, -0.2) is 9.85 Å². The van der Waals surface area contributed by atoms with Gasteiger partial charge in [0.25, 0.3) is 11.4 Å². The van der Waals surface area contributed by atoms with Gasteiger partial charge in [-0.2, -0.15) is 0 Å². The molecule has 7 heteroatoms. The van der Waals surface area contributed by atoms with E-state index in [1.165, 1.54) is 18.2 Å². The highest BCUT2D eigenvalue weighted by atomic mass is 32.2. The highest BCUT2D eigenvalue weighted by Gasteiger charge is 2.25. The molecule has 0 fully saturated rings. The topological polar surface area (TPSA) is 86.3 Å². The third-order valence-electron chi connectivity index (χ3n) is 2.61. The molecule has 0 radical (unpaired) electrons. The zero-order valence-electron chi connectivity index (χ0n) is 10.5. The summed E-state index contributed by atoms with van der Waals surface area (Å²) in [4.78, 5) is 21.6. The minimum atomic E-state index is -0.608. The lowest BCUT2D eigenvalue weighted by atomic mass is 10.2. The smallest absolute Gasteiger partial charge is 0.258 e. The van der Waals surface area contributed by atoms with Gasteiger partial charge < -0.3 is 0 Å². The van der Waals surface area contributed by atoms with Crippen LogP contribution in [0.1, 0.15) is 5.56 Å². The summed E-state index contributed by atoms with van der Waals surface area (Å²) in [6, 6.07) is 11.1. The Labute approximate surface area is 118 Å². The van der Waals surface area contributed by atoms with E-state index in [9.17, 15) is 20.2 Å². The van der Waals surface area contributed by atoms with Crippen molar-refractivity contribution in [1.82, 2.24) is 0 Å². The Morgan fingerprint density at radius 1 is 0.900 bits per heavy atom. The number of aryl methyl sites for hydroxylation is 1. The monoisotopic (exact) mass is 290 g/mol.